The van der Waals surface area contributed by atoms with E-state index in [0.29, 0.717) is 12.0 Å². The first-order chi connectivity index (χ1) is 10.1. The lowest BCUT2D eigenvalue weighted by molar-refractivity contribution is -0.0504. The second-order valence-electron chi connectivity index (χ2n) is 5.47. The highest BCUT2D eigenvalue weighted by Gasteiger charge is 2.42. The average Bonchev–Trinajstić information content (AvgIpc) is 3.13. The minimum absolute atomic E-state index is 0.00823. The van der Waals surface area contributed by atoms with Crippen LogP contribution in [0.3, 0.4) is 0 Å². The molecule has 0 spiro atoms. The fraction of sp³-hybridized carbons (Fsp3) is 0.533. The maximum Gasteiger partial charge on any atom is 0.407 e. The number of alkyl carbamates (subject to hydrolysis) is 1. The molecule has 0 aliphatic heterocycles. The summed E-state index contributed by atoms with van der Waals surface area (Å²) in [6.45, 7) is -2.85. The predicted octanol–water partition coefficient (Wildman–Crippen LogP) is 3.42. The van der Waals surface area contributed by atoms with Crippen LogP contribution in [0.4, 0.5) is 13.6 Å². The molecule has 2 aliphatic rings. The Labute approximate surface area is 121 Å². The van der Waals surface area contributed by atoms with E-state index >= 15 is 0 Å². The summed E-state index contributed by atoms with van der Waals surface area (Å²) >= 11 is 0. The van der Waals surface area contributed by atoms with E-state index in [9.17, 15) is 13.6 Å². The second-order valence-corrected chi connectivity index (χ2v) is 5.47. The van der Waals surface area contributed by atoms with E-state index in [1.165, 1.54) is 6.07 Å². The van der Waals surface area contributed by atoms with Gasteiger partial charge in [0.25, 0.3) is 0 Å². The van der Waals surface area contributed by atoms with Crippen LogP contribution in [0, 0.1) is 0 Å². The van der Waals surface area contributed by atoms with Crippen LogP contribution in [0.25, 0.3) is 0 Å². The Kier molecular flexibility index (Phi) is 3.94. The zero-order chi connectivity index (χ0) is 14.8. The Morgan fingerprint density at radius 1 is 1.29 bits per heavy atom. The number of carbonyl (C=O) groups excluding carboxylic acids is 1. The molecule has 2 aliphatic carbocycles. The van der Waals surface area contributed by atoms with Gasteiger partial charge in [-0.05, 0) is 37.3 Å². The van der Waals surface area contributed by atoms with Crippen molar-refractivity contribution in [3.05, 3.63) is 29.8 Å². The fourth-order valence-corrected chi connectivity index (χ4v) is 2.51. The highest BCUT2D eigenvalue weighted by molar-refractivity contribution is 5.69. The van der Waals surface area contributed by atoms with Crippen LogP contribution in [0.15, 0.2) is 24.3 Å². The topological polar surface area (TPSA) is 47.6 Å². The smallest absolute Gasteiger partial charge is 0.407 e. The standard InChI is InChI=1S/C15H17F2NO3/c16-14(17)21-13-7-2-1-6-10(13)11-8-12(11)18-15(19)20-9-4-3-5-9/h1-2,6-7,9,11-12,14H,3-5,8H2,(H,18,19)/t11-,12+/m1/s1. The molecule has 6 heteroatoms. The Morgan fingerprint density at radius 2 is 2.05 bits per heavy atom. The van der Waals surface area contributed by atoms with E-state index in [0.717, 1.165) is 19.3 Å². The maximum absolute atomic E-state index is 12.4. The first kappa shape index (κ1) is 14.1. The molecule has 0 radical (unpaired) electrons. The average molecular weight is 297 g/mol. The molecule has 2 saturated carbocycles. The van der Waals surface area contributed by atoms with Crippen molar-refractivity contribution >= 4 is 6.09 Å². The molecule has 3 rings (SSSR count). The van der Waals surface area contributed by atoms with Gasteiger partial charge in [-0.2, -0.15) is 8.78 Å². The zero-order valence-electron chi connectivity index (χ0n) is 11.4. The number of hydrogen-bond donors (Lipinski definition) is 1. The maximum atomic E-state index is 12.4. The van der Waals surface area contributed by atoms with Gasteiger partial charge >= 0.3 is 12.7 Å². The highest BCUT2D eigenvalue weighted by Crippen LogP contribution is 2.45. The summed E-state index contributed by atoms with van der Waals surface area (Å²) in [5, 5.41) is 2.78. The summed E-state index contributed by atoms with van der Waals surface area (Å²) < 4.78 is 34.5. The molecule has 0 unspecified atom stereocenters. The van der Waals surface area contributed by atoms with Crippen molar-refractivity contribution in [3.63, 3.8) is 0 Å². The van der Waals surface area contributed by atoms with Gasteiger partial charge in [0.15, 0.2) is 0 Å². The summed E-state index contributed by atoms with van der Waals surface area (Å²) in [5.74, 6) is 0.183. The second kappa shape index (κ2) is 5.87. The lowest BCUT2D eigenvalue weighted by atomic mass is 9.96. The van der Waals surface area contributed by atoms with Gasteiger partial charge in [-0.15, -0.1) is 0 Å². The molecule has 21 heavy (non-hydrogen) atoms. The summed E-state index contributed by atoms with van der Waals surface area (Å²) in [6.07, 6.45) is 3.28. The minimum Gasteiger partial charge on any atom is -0.446 e. The number of benzene rings is 1. The number of amides is 1. The molecule has 114 valence electrons. The van der Waals surface area contributed by atoms with Crippen LogP contribution in [-0.2, 0) is 4.74 Å². The van der Waals surface area contributed by atoms with E-state index < -0.39 is 12.7 Å². The molecular weight excluding hydrogens is 280 g/mol. The van der Waals surface area contributed by atoms with E-state index in [1.807, 2.05) is 0 Å². The number of halogens is 2. The molecule has 4 nitrogen and oxygen atoms in total. The number of nitrogens with one attached hydrogen (secondary N) is 1. The zero-order valence-corrected chi connectivity index (χ0v) is 11.4. The van der Waals surface area contributed by atoms with Crippen molar-refractivity contribution in [1.82, 2.24) is 5.32 Å². The van der Waals surface area contributed by atoms with Crippen LogP contribution >= 0.6 is 0 Å². The third-order valence-electron chi connectivity index (χ3n) is 3.95. The number of carbonyl (C=O) groups is 1. The quantitative estimate of drug-likeness (QED) is 0.906. The minimum atomic E-state index is -2.85. The van der Waals surface area contributed by atoms with Crippen molar-refractivity contribution in [2.24, 2.45) is 0 Å². The SMILES string of the molecule is O=C(N[C@H]1C[C@@H]1c1ccccc1OC(F)F)OC1CCC1. The van der Waals surface area contributed by atoms with Crippen LogP contribution < -0.4 is 10.1 Å². The third-order valence-corrected chi connectivity index (χ3v) is 3.95. The Hall–Kier alpha value is -1.85. The van der Waals surface area contributed by atoms with Crippen molar-refractivity contribution in [2.75, 3.05) is 0 Å². The molecule has 2 atom stereocenters. The first-order valence-electron chi connectivity index (χ1n) is 7.14. The molecule has 2 fully saturated rings. The summed E-state index contributed by atoms with van der Waals surface area (Å²) in [7, 11) is 0. The van der Waals surface area contributed by atoms with Gasteiger partial charge < -0.3 is 14.8 Å². The Balaban J connectivity index is 1.55. The largest absolute Gasteiger partial charge is 0.446 e. The van der Waals surface area contributed by atoms with Gasteiger partial charge in [0.1, 0.15) is 11.9 Å². The normalized spacial score (nSPS) is 24.3. The summed E-state index contributed by atoms with van der Waals surface area (Å²) in [5.41, 5.74) is 0.701. The van der Waals surface area contributed by atoms with Crippen molar-refractivity contribution in [3.8, 4) is 5.75 Å². The van der Waals surface area contributed by atoms with Gasteiger partial charge in [0, 0.05) is 12.0 Å². The lowest BCUT2D eigenvalue weighted by Crippen LogP contribution is -2.34. The van der Waals surface area contributed by atoms with E-state index in [4.69, 9.17) is 4.74 Å². The number of rotatable bonds is 5. The molecular formula is C15H17F2NO3. The van der Waals surface area contributed by atoms with E-state index in [1.54, 1.807) is 18.2 Å². The lowest BCUT2D eigenvalue weighted by Gasteiger charge is -2.25. The van der Waals surface area contributed by atoms with Gasteiger partial charge in [-0.3, -0.25) is 0 Å². The summed E-state index contributed by atoms with van der Waals surface area (Å²) in [4.78, 5) is 11.7. The fourth-order valence-electron chi connectivity index (χ4n) is 2.51. The molecule has 0 saturated heterocycles. The van der Waals surface area contributed by atoms with E-state index in [2.05, 4.69) is 10.1 Å². The van der Waals surface area contributed by atoms with Crippen LogP contribution in [0.2, 0.25) is 0 Å². The Bertz CT molecular complexity index is 519. The molecule has 0 heterocycles. The van der Waals surface area contributed by atoms with Crippen LogP contribution in [0.1, 0.15) is 37.2 Å². The first-order valence-corrected chi connectivity index (χ1v) is 7.14. The third kappa shape index (κ3) is 3.43. The van der Waals surface area contributed by atoms with Crippen molar-refractivity contribution in [1.29, 1.82) is 0 Å². The van der Waals surface area contributed by atoms with Crippen LogP contribution in [0.5, 0.6) is 5.75 Å². The number of para-hydroxylation sites is 1. The molecule has 1 amide bonds. The van der Waals surface area contributed by atoms with Gasteiger partial charge in [0.05, 0.1) is 0 Å². The van der Waals surface area contributed by atoms with Crippen LogP contribution in [-0.4, -0.2) is 24.9 Å². The molecule has 1 aromatic carbocycles. The molecule has 0 bridgehead atoms. The van der Waals surface area contributed by atoms with Gasteiger partial charge in [0.2, 0.25) is 0 Å². The highest BCUT2D eigenvalue weighted by atomic mass is 19.3. The monoisotopic (exact) mass is 297 g/mol. The predicted molar refractivity (Wildman–Crippen MR) is 71.5 cm³/mol. The number of alkyl halides is 2. The van der Waals surface area contributed by atoms with Gasteiger partial charge in [-0.25, -0.2) is 4.79 Å². The number of ether oxygens (including phenoxy) is 2. The molecule has 1 aromatic rings. The molecule has 1 N–H and O–H groups in total. The van der Waals surface area contributed by atoms with E-state index in [-0.39, 0.29) is 23.8 Å². The number of hydrogen-bond acceptors (Lipinski definition) is 3. The van der Waals surface area contributed by atoms with Crippen molar-refractivity contribution in [2.45, 2.75) is 50.4 Å². The Morgan fingerprint density at radius 3 is 2.71 bits per heavy atom. The summed E-state index contributed by atoms with van der Waals surface area (Å²) in [6, 6.07) is 6.62. The van der Waals surface area contributed by atoms with Gasteiger partial charge in [-0.1, -0.05) is 18.2 Å². The van der Waals surface area contributed by atoms with Crippen molar-refractivity contribution < 1.29 is 23.0 Å². The molecule has 0 aromatic heterocycles.